The molecule has 0 bridgehead atoms. The predicted molar refractivity (Wildman–Crippen MR) is 75.0 cm³/mol. The Morgan fingerprint density at radius 2 is 2.30 bits per heavy atom. The number of hydrogen-bond acceptors (Lipinski definition) is 4. The predicted octanol–water partition coefficient (Wildman–Crippen LogP) is 0.807. The van der Waals surface area contributed by atoms with E-state index in [4.69, 9.17) is 4.74 Å². The van der Waals surface area contributed by atoms with E-state index >= 15 is 0 Å². The maximum Gasteiger partial charge on any atom is 0.248 e. The Hall–Kier alpha value is -1.46. The summed E-state index contributed by atoms with van der Waals surface area (Å²) in [5, 5.41) is 2.68. The normalized spacial score (nSPS) is 29.9. The van der Waals surface area contributed by atoms with Crippen molar-refractivity contribution in [3.63, 3.8) is 0 Å². The number of carbonyl (C=O) groups excluding carboxylic acids is 1. The molecule has 2 fully saturated rings. The van der Waals surface area contributed by atoms with Crippen LogP contribution in [-0.4, -0.2) is 48.1 Å². The minimum Gasteiger partial charge on any atom is -0.364 e. The Bertz CT molecular complexity index is 465. The number of piperidine rings is 1. The maximum absolute atomic E-state index is 11.7. The van der Waals surface area contributed by atoms with Gasteiger partial charge in [-0.25, -0.2) is 0 Å². The number of likely N-dealkylation sites (N-methyl/N-ethyl adjacent to an activating group) is 1. The Morgan fingerprint density at radius 3 is 3.05 bits per heavy atom. The molecule has 1 aromatic rings. The fourth-order valence-corrected chi connectivity index (χ4v) is 3.21. The summed E-state index contributed by atoms with van der Waals surface area (Å²) in [5.41, 5.74) is 1.28. The van der Waals surface area contributed by atoms with Gasteiger partial charge in [0.25, 0.3) is 0 Å². The Balaban J connectivity index is 1.57. The monoisotopic (exact) mass is 275 g/mol. The molecule has 3 rings (SSSR count). The third kappa shape index (κ3) is 2.83. The van der Waals surface area contributed by atoms with E-state index in [1.165, 1.54) is 5.56 Å². The third-order valence-corrected chi connectivity index (χ3v) is 4.33. The third-order valence-electron chi connectivity index (χ3n) is 4.33. The summed E-state index contributed by atoms with van der Waals surface area (Å²) in [7, 11) is 1.67. The largest absolute Gasteiger partial charge is 0.364 e. The number of rotatable bonds is 3. The van der Waals surface area contributed by atoms with Gasteiger partial charge >= 0.3 is 0 Å². The van der Waals surface area contributed by atoms with E-state index in [0.29, 0.717) is 5.92 Å². The van der Waals surface area contributed by atoms with Gasteiger partial charge in [0.15, 0.2) is 0 Å². The first kappa shape index (κ1) is 13.5. The maximum atomic E-state index is 11.7. The molecule has 1 N–H and O–H groups in total. The highest BCUT2D eigenvalue weighted by atomic mass is 16.5. The SMILES string of the molecule is CNC(=O)[C@@H]1C[C@H]2CCN(Cc3ccncc3)C[C@H]2O1. The summed E-state index contributed by atoms with van der Waals surface area (Å²) >= 11 is 0. The van der Waals surface area contributed by atoms with E-state index < -0.39 is 0 Å². The number of aromatic nitrogens is 1. The molecule has 2 saturated heterocycles. The second-order valence-electron chi connectivity index (χ2n) is 5.65. The number of carbonyl (C=O) groups is 1. The van der Waals surface area contributed by atoms with Gasteiger partial charge in [0.1, 0.15) is 6.10 Å². The van der Waals surface area contributed by atoms with Gasteiger partial charge in [-0.2, -0.15) is 0 Å². The number of hydrogen-bond donors (Lipinski definition) is 1. The summed E-state index contributed by atoms with van der Waals surface area (Å²) in [5.74, 6) is 0.547. The molecule has 0 aromatic carbocycles. The molecular weight excluding hydrogens is 254 g/mol. The first-order chi connectivity index (χ1) is 9.76. The number of nitrogens with one attached hydrogen (secondary N) is 1. The molecule has 2 aliphatic rings. The molecule has 3 heterocycles. The van der Waals surface area contributed by atoms with Crippen molar-refractivity contribution in [1.82, 2.24) is 15.2 Å². The zero-order valence-electron chi connectivity index (χ0n) is 11.8. The first-order valence-electron chi connectivity index (χ1n) is 7.24. The lowest BCUT2D eigenvalue weighted by Crippen LogP contribution is -2.42. The van der Waals surface area contributed by atoms with Crippen LogP contribution in [0.5, 0.6) is 0 Å². The summed E-state index contributed by atoms with van der Waals surface area (Å²) in [6.07, 6.45) is 5.59. The topological polar surface area (TPSA) is 54.5 Å². The lowest BCUT2D eigenvalue weighted by atomic mass is 9.91. The van der Waals surface area contributed by atoms with Crippen molar-refractivity contribution >= 4 is 5.91 Å². The average molecular weight is 275 g/mol. The van der Waals surface area contributed by atoms with E-state index in [9.17, 15) is 4.79 Å². The summed E-state index contributed by atoms with van der Waals surface area (Å²) < 4.78 is 5.92. The fraction of sp³-hybridized carbons (Fsp3) is 0.600. The summed E-state index contributed by atoms with van der Waals surface area (Å²) in [4.78, 5) is 18.1. The Morgan fingerprint density at radius 1 is 1.50 bits per heavy atom. The summed E-state index contributed by atoms with van der Waals surface area (Å²) in [6, 6.07) is 4.10. The van der Waals surface area contributed by atoms with Gasteiger partial charge in [0.05, 0.1) is 6.10 Å². The Labute approximate surface area is 119 Å². The van der Waals surface area contributed by atoms with Gasteiger partial charge in [-0.15, -0.1) is 0 Å². The Kier molecular flexibility index (Phi) is 3.98. The molecule has 0 saturated carbocycles. The molecule has 0 spiro atoms. The minimum atomic E-state index is -0.254. The van der Waals surface area contributed by atoms with Gasteiger partial charge in [-0.05, 0) is 43.0 Å². The summed E-state index contributed by atoms with van der Waals surface area (Å²) in [6.45, 7) is 2.92. The van der Waals surface area contributed by atoms with Crippen LogP contribution in [0.4, 0.5) is 0 Å². The van der Waals surface area contributed by atoms with Crippen LogP contribution < -0.4 is 5.32 Å². The fourth-order valence-electron chi connectivity index (χ4n) is 3.21. The number of pyridine rings is 1. The van der Waals surface area contributed by atoms with Crippen LogP contribution in [-0.2, 0) is 16.1 Å². The van der Waals surface area contributed by atoms with Crippen molar-refractivity contribution in [2.45, 2.75) is 31.6 Å². The highest BCUT2D eigenvalue weighted by Gasteiger charge is 2.41. The second kappa shape index (κ2) is 5.89. The van der Waals surface area contributed by atoms with Crippen molar-refractivity contribution in [3.05, 3.63) is 30.1 Å². The highest BCUT2D eigenvalue weighted by molar-refractivity contribution is 5.80. The van der Waals surface area contributed by atoms with Gasteiger partial charge < -0.3 is 10.1 Å². The van der Waals surface area contributed by atoms with E-state index in [-0.39, 0.29) is 18.1 Å². The van der Waals surface area contributed by atoms with Crippen molar-refractivity contribution in [1.29, 1.82) is 0 Å². The van der Waals surface area contributed by atoms with E-state index in [0.717, 1.165) is 32.5 Å². The van der Waals surface area contributed by atoms with Gasteiger partial charge in [-0.1, -0.05) is 0 Å². The molecule has 0 radical (unpaired) electrons. The second-order valence-corrected chi connectivity index (χ2v) is 5.65. The molecule has 5 heteroatoms. The van der Waals surface area contributed by atoms with Crippen molar-refractivity contribution in [2.24, 2.45) is 5.92 Å². The van der Waals surface area contributed by atoms with Crippen LogP contribution in [0.3, 0.4) is 0 Å². The van der Waals surface area contributed by atoms with E-state index in [1.54, 1.807) is 7.05 Å². The molecule has 0 aliphatic carbocycles. The average Bonchev–Trinajstić information content (AvgIpc) is 2.90. The van der Waals surface area contributed by atoms with Crippen LogP contribution in [0.25, 0.3) is 0 Å². The molecule has 1 aromatic heterocycles. The molecule has 2 aliphatic heterocycles. The van der Waals surface area contributed by atoms with E-state index in [1.807, 2.05) is 12.4 Å². The molecule has 0 unspecified atom stereocenters. The molecular formula is C15H21N3O2. The van der Waals surface area contributed by atoms with Crippen LogP contribution in [0.1, 0.15) is 18.4 Å². The highest BCUT2D eigenvalue weighted by Crippen LogP contribution is 2.33. The van der Waals surface area contributed by atoms with Gasteiger partial charge in [0, 0.05) is 32.5 Å². The zero-order chi connectivity index (χ0) is 13.9. The van der Waals surface area contributed by atoms with Crippen LogP contribution >= 0.6 is 0 Å². The van der Waals surface area contributed by atoms with Crippen molar-refractivity contribution < 1.29 is 9.53 Å². The molecule has 3 atom stereocenters. The lowest BCUT2D eigenvalue weighted by Gasteiger charge is -2.34. The number of amides is 1. The number of fused-ring (bicyclic) bond motifs is 1. The molecule has 5 nitrogen and oxygen atoms in total. The van der Waals surface area contributed by atoms with Gasteiger partial charge in [-0.3, -0.25) is 14.7 Å². The van der Waals surface area contributed by atoms with Crippen LogP contribution in [0, 0.1) is 5.92 Å². The quantitative estimate of drug-likeness (QED) is 0.887. The smallest absolute Gasteiger partial charge is 0.248 e. The van der Waals surface area contributed by atoms with Crippen molar-refractivity contribution in [3.8, 4) is 0 Å². The molecule has 1 amide bonds. The molecule has 108 valence electrons. The van der Waals surface area contributed by atoms with Crippen molar-refractivity contribution in [2.75, 3.05) is 20.1 Å². The lowest BCUT2D eigenvalue weighted by molar-refractivity contribution is -0.132. The number of nitrogens with zero attached hydrogens (tertiary/aromatic N) is 2. The van der Waals surface area contributed by atoms with E-state index in [2.05, 4.69) is 27.3 Å². The van der Waals surface area contributed by atoms with Crippen LogP contribution in [0.2, 0.25) is 0 Å². The number of ether oxygens (including phenoxy) is 1. The first-order valence-corrected chi connectivity index (χ1v) is 7.24. The van der Waals surface area contributed by atoms with Gasteiger partial charge in [0.2, 0.25) is 5.91 Å². The number of likely N-dealkylation sites (tertiary alicyclic amines) is 1. The standard InChI is InChI=1S/C15H21N3O2/c1-16-15(19)13-8-12-4-7-18(10-14(12)20-13)9-11-2-5-17-6-3-11/h2-3,5-6,12-14H,4,7-10H2,1H3,(H,16,19)/t12-,13+,14-/m1/s1. The minimum absolute atomic E-state index is 0.0140. The zero-order valence-corrected chi connectivity index (χ0v) is 11.8. The molecule has 20 heavy (non-hydrogen) atoms. The van der Waals surface area contributed by atoms with Crippen LogP contribution in [0.15, 0.2) is 24.5 Å².